The monoisotopic (exact) mass is 346 g/mol. The quantitative estimate of drug-likeness (QED) is 0.767. The van der Waals surface area contributed by atoms with Crippen molar-refractivity contribution in [1.82, 2.24) is 19.9 Å². The smallest absolute Gasteiger partial charge is 0.226 e. The van der Waals surface area contributed by atoms with Crippen LogP contribution in [0.1, 0.15) is 58.2 Å². The summed E-state index contributed by atoms with van der Waals surface area (Å²) in [6.45, 7) is 9.49. The van der Waals surface area contributed by atoms with Crippen molar-refractivity contribution in [3.8, 4) is 0 Å². The fourth-order valence-corrected chi connectivity index (χ4v) is 3.89. The van der Waals surface area contributed by atoms with Gasteiger partial charge in [-0.25, -0.2) is 0 Å². The Morgan fingerprint density at radius 3 is 2.96 bits per heavy atom. The average Bonchev–Trinajstić information content (AvgIpc) is 3.01. The number of hydrogen-bond acceptors (Lipinski definition) is 5. The number of rotatable bonds is 5. The van der Waals surface area contributed by atoms with E-state index in [9.17, 15) is 4.79 Å². The van der Waals surface area contributed by atoms with E-state index in [1.54, 1.807) is 6.92 Å². The molecule has 25 heavy (non-hydrogen) atoms. The third-order valence-electron chi connectivity index (χ3n) is 5.05. The van der Waals surface area contributed by atoms with Crippen molar-refractivity contribution < 1.29 is 9.32 Å². The Balaban J connectivity index is 1.61. The molecule has 0 aromatic carbocycles. The first kappa shape index (κ1) is 18.1. The molecule has 0 aliphatic carbocycles. The lowest BCUT2D eigenvalue weighted by atomic mass is 9.92. The van der Waals surface area contributed by atoms with Crippen molar-refractivity contribution in [2.45, 2.75) is 65.5 Å². The summed E-state index contributed by atoms with van der Waals surface area (Å²) < 4.78 is 5.35. The van der Waals surface area contributed by atoms with Gasteiger partial charge in [0.25, 0.3) is 0 Å². The minimum Gasteiger partial charge on any atom is -0.339 e. The van der Waals surface area contributed by atoms with Gasteiger partial charge in [0, 0.05) is 33.0 Å². The molecule has 0 bridgehead atoms. The van der Waals surface area contributed by atoms with Crippen molar-refractivity contribution in [2.24, 2.45) is 5.92 Å². The van der Waals surface area contributed by atoms with Crippen LogP contribution in [0.2, 0.25) is 0 Å². The Morgan fingerprint density at radius 1 is 1.36 bits per heavy atom. The Kier molecular flexibility index (Phi) is 5.89. The second kappa shape index (κ2) is 8.13. The summed E-state index contributed by atoms with van der Waals surface area (Å²) in [6.07, 6.45) is 7.59. The van der Waals surface area contributed by atoms with Gasteiger partial charge in [-0.3, -0.25) is 9.69 Å². The van der Waals surface area contributed by atoms with Crippen molar-refractivity contribution >= 4 is 5.91 Å². The van der Waals surface area contributed by atoms with Gasteiger partial charge in [0.15, 0.2) is 5.82 Å². The highest BCUT2D eigenvalue weighted by atomic mass is 16.5. The Bertz CT molecular complexity index is 623. The summed E-state index contributed by atoms with van der Waals surface area (Å²) in [6, 6.07) is 0.274. The van der Waals surface area contributed by atoms with Crippen molar-refractivity contribution in [2.75, 3.05) is 19.6 Å². The molecule has 0 radical (unpaired) electrons. The van der Waals surface area contributed by atoms with Gasteiger partial charge in [0.1, 0.15) is 0 Å². The largest absolute Gasteiger partial charge is 0.339 e. The maximum atomic E-state index is 12.0. The summed E-state index contributed by atoms with van der Waals surface area (Å²) >= 11 is 0. The van der Waals surface area contributed by atoms with Gasteiger partial charge in [-0.05, 0) is 37.2 Å². The summed E-state index contributed by atoms with van der Waals surface area (Å²) in [5.41, 5.74) is 1.38. The van der Waals surface area contributed by atoms with E-state index in [1.807, 2.05) is 4.90 Å². The predicted octanol–water partition coefficient (Wildman–Crippen LogP) is 2.80. The van der Waals surface area contributed by atoms with E-state index in [4.69, 9.17) is 4.52 Å². The molecule has 3 heterocycles. The minimum atomic E-state index is 0.194. The molecule has 0 unspecified atom stereocenters. The lowest BCUT2D eigenvalue weighted by Gasteiger charge is -2.39. The molecular weight excluding hydrogens is 316 g/mol. The summed E-state index contributed by atoms with van der Waals surface area (Å²) in [7, 11) is 0. The molecule has 1 aromatic rings. The first-order valence-electron chi connectivity index (χ1n) is 9.53. The first-order chi connectivity index (χ1) is 12.0. The molecule has 0 saturated carbocycles. The van der Waals surface area contributed by atoms with Crippen LogP contribution in [0.3, 0.4) is 0 Å². The van der Waals surface area contributed by atoms with Gasteiger partial charge in [-0.15, -0.1) is 0 Å². The lowest BCUT2D eigenvalue weighted by molar-refractivity contribution is -0.131. The molecule has 0 N–H and O–H groups in total. The van der Waals surface area contributed by atoms with E-state index >= 15 is 0 Å². The highest BCUT2D eigenvalue weighted by Gasteiger charge is 2.29. The fourth-order valence-electron chi connectivity index (χ4n) is 3.89. The van der Waals surface area contributed by atoms with E-state index < -0.39 is 0 Å². The predicted molar refractivity (Wildman–Crippen MR) is 95.8 cm³/mol. The number of carbonyl (C=O) groups is 1. The maximum Gasteiger partial charge on any atom is 0.226 e. The molecule has 0 spiro atoms. The second-order valence-corrected chi connectivity index (χ2v) is 7.70. The zero-order valence-electron chi connectivity index (χ0n) is 15.7. The molecule has 2 aliphatic rings. The highest BCUT2D eigenvalue weighted by molar-refractivity contribution is 5.74. The number of nitrogens with zero attached hydrogens (tertiary/aromatic N) is 4. The SMILES string of the molecule is CC(=O)N1CCCC[C@@H]1C1=CCCN(Cc2noc(CC(C)C)n2)C1. The van der Waals surface area contributed by atoms with Crippen LogP contribution in [0, 0.1) is 5.92 Å². The van der Waals surface area contributed by atoms with Crippen molar-refractivity contribution in [1.29, 1.82) is 0 Å². The van der Waals surface area contributed by atoms with E-state index in [-0.39, 0.29) is 11.9 Å². The topological polar surface area (TPSA) is 62.5 Å². The molecule has 6 nitrogen and oxygen atoms in total. The molecule has 3 rings (SSSR count). The van der Waals surface area contributed by atoms with Crippen molar-refractivity contribution in [3.63, 3.8) is 0 Å². The summed E-state index contributed by atoms with van der Waals surface area (Å²) in [4.78, 5) is 20.9. The number of likely N-dealkylation sites (tertiary alicyclic amines) is 1. The fraction of sp³-hybridized carbons (Fsp3) is 0.737. The van der Waals surface area contributed by atoms with E-state index in [0.717, 1.165) is 57.0 Å². The molecule has 1 fully saturated rings. The zero-order chi connectivity index (χ0) is 17.8. The van der Waals surface area contributed by atoms with Crippen LogP contribution in [0.4, 0.5) is 0 Å². The molecule has 1 saturated heterocycles. The first-order valence-corrected chi connectivity index (χ1v) is 9.53. The molecule has 138 valence electrons. The molecule has 2 aliphatic heterocycles. The van der Waals surface area contributed by atoms with Gasteiger partial charge < -0.3 is 9.42 Å². The van der Waals surface area contributed by atoms with E-state index in [0.29, 0.717) is 12.5 Å². The molecule has 6 heteroatoms. The number of piperidine rings is 1. The van der Waals surface area contributed by atoms with Crippen LogP contribution in [0.25, 0.3) is 0 Å². The van der Waals surface area contributed by atoms with Gasteiger partial charge in [0.05, 0.1) is 12.6 Å². The van der Waals surface area contributed by atoms with Gasteiger partial charge in [-0.1, -0.05) is 25.1 Å². The van der Waals surface area contributed by atoms with Gasteiger partial charge >= 0.3 is 0 Å². The number of carbonyl (C=O) groups excluding carboxylic acids is 1. The zero-order valence-corrected chi connectivity index (χ0v) is 15.7. The van der Waals surface area contributed by atoms with Crippen LogP contribution in [0.15, 0.2) is 16.2 Å². The van der Waals surface area contributed by atoms with E-state index in [1.165, 1.54) is 12.0 Å². The van der Waals surface area contributed by atoms with E-state index in [2.05, 4.69) is 35.0 Å². The molecule has 1 aromatic heterocycles. The van der Waals surface area contributed by atoms with Gasteiger partial charge in [0.2, 0.25) is 11.8 Å². The van der Waals surface area contributed by atoms with Crippen LogP contribution in [0.5, 0.6) is 0 Å². The summed E-state index contributed by atoms with van der Waals surface area (Å²) in [5, 5.41) is 4.13. The maximum absolute atomic E-state index is 12.0. The third kappa shape index (κ3) is 4.69. The highest BCUT2D eigenvalue weighted by Crippen LogP contribution is 2.26. The summed E-state index contributed by atoms with van der Waals surface area (Å²) in [5.74, 6) is 2.21. The van der Waals surface area contributed by atoms with Crippen LogP contribution >= 0.6 is 0 Å². The standard InChI is InChI=1S/C19H30N4O2/c1-14(2)11-19-20-18(21-25-19)13-22-9-6-7-16(12-22)17-8-4-5-10-23(17)15(3)24/h7,14,17H,4-6,8-13H2,1-3H3/t17-/m1/s1. The minimum absolute atomic E-state index is 0.194. The van der Waals surface area contributed by atoms with Crippen LogP contribution in [-0.2, 0) is 17.8 Å². The normalized spacial score (nSPS) is 22.3. The Hall–Kier alpha value is -1.69. The van der Waals surface area contributed by atoms with Gasteiger partial charge in [-0.2, -0.15) is 4.98 Å². The number of amides is 1. The molecule has 1 atom stereocenters. The Morgan fingerprint density at radius 2 is 2.20 bits per heavy atom. The van der Waals surface area contributed by atoms with Crippen molar-refractivity contribution in [3.05, 3.63) is 23.4 Å². The lowest BCUT2D eigenvalue weighted by Crippen LogP contribution is -2.46. The number of aromatic nitrogens is 2. The molecular formula is C19H30N4O2. The Labute approximate surface area is 150 Å². The van der Waals surface area contributed by atoms with Crippen LogP contribution < -0.4 is 0 Å². The molecule has 1 amide bonds. The number of hydrogen-bond donors (Lipinski definition) is 0. The average molecular weight is 346 g/mol. The third-order valence-corrected chi connectivity index (χ3v) is 5.05. The second-order valence-electron chi connectivity index (χ2n) is 7.70. The van der Waals surface area contributed by atoms with Crippen LogP contribution in [-0.4, -0.2) is 51.5 Å².